The quantitative estimate of drug-likeness (QED) is 0.467. The summed E-state index contributed by atoms with van der Waals surface area (Å²) < 4.78 is 26.6. The maximum Gasteiger partial charge on any atom is 0.256 e. The maximum atomic E-state index is 13.7. The van der Waals surface area contributed by atoms with E-state index in [2.05, 4.69) is 10.8 Å². The number of aromatic nitrogens is 3. The predicted octanol–water partition coefficient (Wildman–Crippen LogP) is 2.55. The van der Waals surface area contributed by atoms with E-state index in [0.29, 0.717) is 42.4 Å². The van der Waals surface area contributed by atoms with Crippen LogP contribution in [0, 0.1) is 24.2 Å². The second-order valence-electron chi connectivity index (χ2n) is 9.46. The minimum Gasteiger partial charge on any atom is -0.755 e. The summed E-state index contributed by atoms with van der Waals surface area (Å²) in [6, 6.07) is 8.09. The lowest BCUT2D eigenvalue weighted by Crippen LogP contribution is -2.39. The summed E-state index contributed by atoms with van der Waals surface area (Å²) >= 11 is 3.56. The third-order valence-corrected chi connectivity index (χ3v) is 7.59. The number of benzene rings is 1. The first-order valence-corrected chi connectivity index (χ1v) is 13.4. The maximum absolute atomic E-state index is 13.7. The van der Waals surface area contributed by atoms with Gasteiger partial charge in [0.15, 0.2) is 5.65 Å². The van der Waals surface area contributed by atoms with Gasteiger partial charge in [0.05, 0.1) is 35.0 Å². The van der Waals surface area contributed by atoms with E-state index < -0.39 is 11.3 Å². The van der Waals surface area contributed by atoms with Crippen molar-refractivity contribution in [3.63, 3.8) is 0 Å². The van der Waals surface area contributed by atoms with E-state index in [-0.39, 0.29) is 35.2 Å². The number of likely N-dealkylation sites (tertiary alicyclic amines) is 1. The number of amides is 1. The first-order valence-electron chi connectivity index (χ1n) is 12.0. The number of carbonyl (C=O) groups excluding carboxylic acids is 1. The number of rotatable bonds is 5. The van der Waals surface area contributed by atoms with E-state index in [1.54, 1.807) is 9.42 Å². The van der Waals surface area contributed by atoms with Gasteiger partial charge in [-0.1, -0.05) is 11.6 Å². The van der Waals surface area contributed by atoms with Crippen molar-refractivity contribution >= 4 is 45.9 Å². The summed E-state index contributed by atoms with van der Waals surface area (Å²) in [7, 11) is 0. The molecule has 0 saturated carbocycles. The largest absolute Gasteiger partial charge is 0.755 e. The number of nitrogens with zero attached hydrogens (tertiary/aromatic N) is 6. The predicted molar refractivity (Wildman–Crippen MR) is 139 cm³/mol. The molecule has 0 bridgehead atoms. The van der Waals surface area contributed by atoms with Gasteiger partial charge in [0.2, 0.25) is 0 Å². The number of hydrogen-bond acceptors (Lipinski definition) is 8. The topological polar surface area (TPSA) is 156 Å². The molecule has 0 radical (unpaired) electrons. The van der Waals surface area contributed by atoms with E-state index in [4.69, 9.17) is 27.4 Å². The number of fused-ring (bicyclic) bond motifs is 1. The molecule has 3 N–H and O–H groups in total. The Balaban J connectivity index is 1.47. The Bertz CT molecular complexity index is 1420. The van der Waals surface area contributed by atoms with Gasteiger partial charge in [-0.15, -0.1) is 0 Å². The normalized spacial score (nSPS) is 22.7. The van der Waals surface area contributed by atoms with Crippen LogP contribution in [0.25, 0.3) is 5.65 Å². The van der Waals surface area contributed by atoms with Gasteiger partial charge in [-0.25, -0.2) is 9.50 Å². The molecule has 37 heavy (non-hydrogen) atoms. The molecule has 11 nitrogen and oxygen atoms in total. The van der Waals surface area contributed by atoms with E-state index in [0.717, 1.165) is 24.2 Å². The number of piperidine rings is 1. The number of nitriles is 1. The number of nitrogens with one attached hydrogen (secondary N) is 1. The lowest BCUT2D eigenvalue weighted by Gasteiger charge is -2.35. The number of halogens is 1. The SMILES string of the molecule is Cc1cn2nc([C@@H]3CCCCN3C(=O)c3cc(Cl)ccc3NS(=O)[O-])cc2nc1N1CC(N)C(C#N)C1. The van der Waals surface area contributed by atoms with Crippen molar-refractivity contribution in [2.24, 2.45) is 11.7 Å². The molecule has 5 rings (SSSR count). The Morgan fingerprint density at radius 1 is 1.32 bits per heavy atom. The Kier molecular flexibility index (Phi) is 7.04. The summed E-state index contributed by atoms with van der Waals surface area (Å²) in [5.41, 5.74) is 8.72. The van der Waals surface area contributed by atoms with Crippen molar-refractivity contribution in [1.29, 1.82) is 5.26 Å². The molecule has 0 aliphatic carbocycles. The van der Waals surface area contributed by atoms with Crippen LogP contribution in [0.15, 0.2) is 30.5 Å². The molecule has 0 spiro atoms. The monoisotopic (exact) mass is 541 g/mol. The van der Waals surface area contributed by atoms with Crippen molar-refractivity contribution in [2.75, 3.05) is 29.3 Å². The summed E-state index contributed by atoms with van der Waals surface area (Å²) in [6.45, 7) is 3.52. The molecule has 4 heterocycles. The van der Waals surface area contributed by atoms with Crippen LogP contribution in [0.5, 0.6) is 0 Å². The van der Waals surface area contributed by atoms with Crippen molar-refractivity contribution in [3.8, 4) is 6.07 Å². The zero-order valence-corrected chi connectivity index (χ0v) is 21.7. The summed E-state index contributed by atoms with van der Waals surface area (Å²) in [5, 5.41) is 14.4. The average molecular weight is 542 g/mol. The van der Waals surface area contributed by atoms with E-state index >= 15 is 0 Å². The van der Waals surface area contributed by atoms with E-state index in [1.807, 2.05) is 24.1 Å². The van der Waals surface area contributed by atoms with Crippen molar-refractivity contribution < 1.29 is 13.6 Å². The van der Waals surface area contributed by atoms with E-state index in [9.17, 15) is 18.8 Å². The molecule has 2 aliphatic heterocycles. The molecule has 2 aromatic heterocycles. The minimum absolute atomic E-state index is 0.170. The zero-order valence-electron chi connectivity index (χ0n) is 20.1. The molecular weight excluding hydrogens is 516 g/mol. The number of nitrogens with two attached hydrogens (primary N) is 1. The smallest absolute Gasteiger partial charge is 0.256 e. The highest BCUT2D eigenvalue weighted by Crippen LogP contribution is 2.34. The lowest BCUT2D eigenvalue weighted by atomic mass is 9.98. The number of hydrogen-bond donors (Lipinski definition) is 2. The second kappa shape index (κ2) is 10.3. The van der Waals surface area contributed by atoms with Crippen LogP contribution < -0.4 is 15.4 Å². The molecule has 2 aliphatic rings. The number of aryl methyl sites for hydroxylation is 1. The highest BCUT2D eigenvalue weighted by molar-refractivity contribution is 7.80. The second-order valence-corrected chi connectivity index (χ2v) is 10.6. The van der Waals surface area contributed by atoms with Crippen LogP contribution in [0.2, 0.25) is 5.02 Å². The van der Waals surface area contributed by atoms with Gasteiger partial charge >= 0.3 is 0 Å². The van der Waals surface area contributed by atoms with Crippen LogP contribution in [0.3, 0.4) is 0 Å². The van der Waals surface area contributed by atoms with Crippen molar-refractivity contribution in [3.05, 3.63) is 52.3 Å². The summed E-state index contributed by atoms with van der Waals surface area (Å²) in [6.07, 6.45) is 4.35. The van der Waals surface area contributed by atoms with E-state index in [1.165, 1.54) is 18.2 Å². The zero-order chi connectivity index (χ0) is 26.3. The van der Waals surface area contributed by atoms with Gasteiger partial charge in [0.1, 0.15) is 5.82 Å². The van der Waals surface area contributed by atoms with Gasteiger partial charge < -0.3 is 24.8 Å². The minimum atomic E-state index is -2.59. The first-order chi connectivity index (χ1) is 17.7. The number of carbonyl (C=O) groups is 1. The van der Waals surface area contributed by atoms with Crippen LogP contribution in [-0.4, -0.2) is 59.8 Å². The van der Waals surface area contributed by atoms with Gasteiger partial charge in [0, 0.05) is 59.8 Å². The average Bonchev–Trinajstić information content (AvgIpc) is 3.46. The third kappa shape index (κ3) is 5.00. The van der Waals surface area contributed by atoms with Crippen molar-refractivity contribution in [1.82, 2.24) is 19.5 Å². The summed E-state index contributed by atoms with van der Waals surface area (Å²) in [4.78, 5) is 22.2. The Morgan fingerprint density at radius 2 is 2.14 bits per heavy atom. The standard InChI is InChI=1S/C24H27ClN8O3S/c1-14-11-33-22(28-23(14)31-12-15(10-26)18(27)13-31)9-20(29-33)21-4-2-3-7-32(21)24(34)17-8-16(25)5-6-19(17)30-37(35)36/h5-6,8-9,11,15,18,21,30H,2-4,7,12-13,27H2,1H3,(H,35,36)/p-1/t15?,18?,21-/m0/s1. The summed E-state index contributed by atoms with van der Waals surface area (Å²) in [5.74, 6) is 0.198. The van der Waals surface area contributed by atoms with Crippen LogP contribution >= 0.6 is 11.6 Å². The fourth-order valence-corrected chi connectivity index (χ4v) is 5.68. The van der Waals surface area contributed by atoms with Gasteiger partial charge in [-0.2, -0.15) is 10.4 Å². The fourth-order valence-electron chi connectivity index (χ4n) is 5.15. The first kappa shape index (κ1) is 25.4. The Hall–Kier alpha value is -3.24. The highest BCUT2D eigenvalue weighted by atomic mass is 35.5. The molecule has 1 aromatic carbocycles. The Morgan fingerprint density at radius 3 is 2.86 bits per heavy atom. The molecular formula is C24H26ClN8O3S-. The van der Waals surface area contributed by atoms with Crippen LogP contribution in [-0.2, 0) is 11.3 Å². The molecule has 194 valence electrons. The van der Waals surface area contributed by atoms with Gasteiger partial charge in [-0.05, 0) is 44.4 Å². The highest BCUT2D eigenvalue weighted by Gasteiger charge is 2.34. The molecule has 2 saturated heterocycles. The molecule has 2 fully saturated rings. The van der Waals surface area contributed by atoms with Crippen LogP contribution in [0.4, 0.5) is 11.5 Å². The van der Waals surface area contributed by atoms with Crippen molar-refractivity contribution in [2.45, 2.75) is 38.3 Å². The van der Waals surface area contributed by atoms with Gasteiger partial charge in [0.25, 0.3) is 5.91 Å². The number of anilines is 2. The Labute approximate surface area is 221 Å². The lowest BCUT2D eigenvalue weighted by molar-refractivity contribution is 0.0607. The van der Waals surface area contributed by atoms with Crippen LogP contribution in [0.1, 0.15) is 46.9 Å². The third-order valence-electron chi connectivity index (χ3n) is 6.96. The molecule has 4 atom stereocenters. The molecule has 3 unspecified atom stereocenters. The molecule has 3 aromatic rings. The molecule has 1 amide bonds. The van der Waals surface area contributed by atoms with Gasteiger partial charge in [-0.3, -0.25) is 9.00 Å². The fraction of sp³-hybridized carbons (Fsp3) is 0.417. The molecule has 13 heteroatoms.